The van der Waals surface area contributed by atoms with Crippen LogP contribution in [0.25, 0.3) is 21.8 Å². The van der Waals surface area contributed by atoms with Crippen LogP contribution >= 0.6 is 11.3 Å². The topological polar surface area (TPSA) is 97.8 Å². The van der Waals surface area contributed by atoms with E-state index in [9.17, 15) is 14.7 Å². The van der Waals surface area contributed by atoms with Gasteiger partial charge >= 0.3 is 12.1 Å². The summed E-state index contributed by atoms with van der Waals surface area (Å²) in [5, 5.41) is 14.9. The third-order valence-electron chi connectivity index (χ3n) is 5.80. The van der Waals surface area contributed by atoms with Gasteiger partial charge in [0.1, 0.15) is 22.4 Å². The standard InChI is InChI=1S/C30H38N2O5S/c1-5-6-7-8-9-18-36-24-16-14-23(15-17-24)27-31-26(20-38-27)22-12-10-21(11-13-22)19-25(28(33)34)32-29(35)37-30(2,3)4/h10-17,20,25H,5-9,18-19H2,1-4H3,(H,32,35)(H,33,34). The highest BCUT2D eigenvalue weighted by atomic mass is 32.1. The van der Waals surface area contributed by atoms with Gasteiger partial charge in [-0.1, -0.05) is 56.9 Å². The van der Waals surface area contributed by atoms with Crippen molar-refractivity contribution in [1.29, 1.82) is 0 Å². The van der Waals surface area contributed by atoms with Crippen molar-refractivity contribution in [2.45, 2.75) is 77.9 Å². The van der Waals surface area contributed by atoms with E-state index < -0.39 is 23.7 Å². The Morgan fingerprint density at radius 2 is 1.63 bits per heavy atom. The summed E-state index contributed by atoms with van der Waals surface area (Å²) < 4.78 is 11.0. The van der Waals surface area contributed by atoms with Crippen molar-refractivity contribution in [3.05, 3.63) is 59.5 Å². The molecule has 0 saturated carbocycles. The number of aromatic nitrogens is 1. The van der Waals surface area contributed by atoms with E-state index in [1.54, 1.807) is 32.1 Å². The second-order valence-electron chi connectivity index (χ2n) is 10.3. The third kappa shape index (κ3) is 9.49. The first-order valence-electron chi connectivity index (χ1n) is 13.1. The zero-order valence-corrected chi connectivity index (χ0v) is 23.5. The minimum atomic E-state index is -1.12. The molecule has 8 heteroatoms. The normalized spacial score (nSPS) is 12.1. The van der Waals surface area contributed by atoms with Crippen molar-refractivity contribution >= 4 is 23.4 Å². The molecule has 1 aromatic heterocycles. The Bertz CT molecular complexity index is 1170. The number of nitrogens with zero attached hydrogens (tertiary/aromatic N) is 1. The highest BCUT2D eigenvalue weighted by Gasteiger charge is 2.24. The van der Waals surface area contributed by atoms with Gasteiger partial charge in [-0.05, 0) is 57.0 Å². The van der Waals surface area contributed by atoms with Gasteiger partial charge in [0.25, 0.3) is 0 Å². The van der Waals surface area contributed by atoms with Gasteiger partial charge in [0.05, 0.1) is 12.3 Å². The zero-order chi connectivity index (χ0) is 27.5. The number of hydrogen-bond acceptors (Lipinski definition) is 6. The van der Waals surface area contributed by atoms with Crippen LogP contribution in [0.3, 0.4) is 0 Å². The maximum Gasteiger partial charge on any atom is 0.408 e. The van der Waals surface area contributed by atoms with Crippen molar-refractivity contribution in [1.82, 2.24) is 10.3 Å². The van der Waals surface area contributed by atoms with Crippen LogP contribution in [-0.2, 0) is 16.0 Å². The largest absolute Gasteiger partial charge is 0.494 e. The fraction of sp³-hybridized carbons (Fsp3) is 0.433. The van der Waals surface area contributed by atoms with Crippen LogP contribution in [0.5, 0.6) is 5.75 Å². The second-order valence-corrected chi connectivity index (χ2v) is 11.1. The third-order valence-corrected chi connectivity index (χ3v) is 6.69. The van der Waals surface area contributed by atoms with Crippen molar-refractivity contribution < 1.29 is 24.2 Å². The summed E-state index contributed by atoms with van der Waals surface area (Å²) in [6.07, 6.45) is 5.47. The van der Waals surface area contributed by atoms with Crippen LogP contribution in [-0.4, -0.2) is 40.4 Å². The minimum absolute atomic E-state index is 0.143. The van der Waals surface area contributed by atoms with E-state index in [4.69, 9.17) is 14.5 Å². The molecule has 7 nitrogen and oxygen atoms in total. The number of alkyl carbamates (subject to hydrolysis) is 1. The number of carbonyl (C=O) groups excluding carboxylic acids is 1. The van der Waals surface area contributed by atoms with Crippen LogP contribution in [0.4, 0.5) is 4.79 Å². The van der Waals surface area contributed by atoms with Gasteiger partial charge in [-0.15, -0.1) is 11.3 Å². The van der Waals surface area contributed by atoms with Crippen molar-refractivity contribution in [2.75, 3.05) is 6.61 Å². The Kier molecular flexibility index (Phi) is 10.7. The van der Waals surface area contributed by atoms with Gasteiger partial charge in [0.15, 0.2) is 0 Å². The van der Waals surface area contributed by atoms with Gasteiger partial charge in [-0.25, -0.2) is 14.6 Å². The number of thiazole rings is 1. The van der Waals surface area contributed by atoms with Crippen LogP contribution in [0.1, 0.15) is 65.4 Å². The molecule has 0 radical (unpaired) electrons. The Morgan fingerprint density at radius 1 is 0.974 bits per heavy atom. The number of rotatable bonds is 13. The number of hydrogen-bond donors (Lipinski definition) is 2. The molecule has 1 unspecified atom stereocenters. The molecule has 0 fully saturated rings. The molecule has 0 aliphatic heterocycles. The highest BCUT2D eigenvalue weighted by molar-refractivity contribution is 7.13. The molecule has 0 aliphatic rings. The van der Waals surface area contributed by atoms with E-state index in [-0.39, 0.29) is 6.42 Å². The van der Waals surface area contributed by atoms with E-state index >= 15 is 0 Å². The molecule has 2 aromatic carbocycles. The molecule has 1 amide bonds. The van der Waals surface area contributed by atoms with Crippen molar-refractivity contribution in [2.24, 2.45) is 0 Å². The monoisotopic (exact) mass is 538 g/mol. The van der Waals surface area contributed by atoms with Crippen LogP contribution < -0.4 is 10.1 Å². The first kappa shape index (κ1) is 29.2. The van der Waals surface area contributed by atoms with Gasteiger partial charge in [-0.2, -0.15) is 0 Å². The van der Waals surface area contributed by atoms with Gasteiger partial charge < -0.3 is 19.9 Å². The van der Waals surface area contributed by atoms with Crippen LogP contribution in [0.2, 0.25) is 0 Å². The fourth-order valence-corrected chi connectivity index (χ4v) is 4.66. The van der Waals surface area contributed by atoms with E-state index in [0.717, 1.165) is 46.2 Å². The van der Waals surface area contributed by atoms with Gasteiger partial charge in [0.2, 0.25) is 0 Å². The summed E-state index contributed by atoms with van der Waals surface area (Å²) in [7, 11) is 0. The van der Waals surface area contributed by atoms with E-state index in [2.05, 4.69) is 12.2 Å². The smallest absolute Gasteiger partial charge is 0.408 e. The Morgan fingerprint density at radius 3 is 2.26 bits per heavy atom. The summed E-state index contributed by atoms with van der Waals surface area (Å²) in [6, 6.07) is 14.5. The van der Waals surface area contributed by atoms with Gasteiger partial charge in [0, 0.05) is 22.9 Å². The molecular formula is C30H38N2O5S. The van der Waals surface area contributed by atoms with E-state index in [0.29, 0.717) is 0 Å². The molecule has 2 N–H and O–H groups in total. The van der Waals surface area contributed by atoms with Crippen molar-refractivity contribution in [3.63, 3.8) is 0 Å². The molecule has 1 heterocycles. The summed E-state index contributed by atoms with van der Waals surface area (Å²) in [5.41, 5.74) is 2.90. The summed E-state index contributed by atoms with van der Waals surface area (Å²) in [6.45, 7) is 8.14. The Hall–Kier alpha value is -3.39. The summed E-state index contributed by atoms with van der Waals surface area (Å²) in [4.78, 5) is 28.5. The quantitative estimate of drug-likeness (QED) is 0.221. The lowest BCUT2D eigenvalue weighted by molar-refractivity contribution is -0.139. The maximum absolute atomic E-state index is 12.0. The number of carbonyl (C=O) groups is 2. The molecule has 3 aromatic rings. The lowest BCUT2D eigenvalue weighted by atomic mass is 10.0. The van der Waals surface area contributed by atoms with E-state index in [1.807, 2.05) is 53.9 Å². The molecule has 0 aliphatic carbocycles. The maximum atomic E-state index is 12.0. The van der Waals surface area contributed by atoms with Crippen molar-refractivity contribution in [3.8, 4) is 27.6 Å². The number of amides is 1. The molecule has 38 heavy (non-hydrogen) atoms. The number of benzene rings is 2. The Balaban J connectivity index is 1.56. The average molecular weight is 539 g/mol. The fourth-order valence-electron chi connectivity index (χ4n) is 3.83. The van der Waals surface area contributed by atoms with Gasteiger partial charge in [-0.3, -0.25) is 0 Å². The minimum Gasteiger partial charge on any atom is -0.494 e. The lowest BCUT2D eigenvalue weighted by Crippen LogP contribution is -2.44. The van der Waals surface area contributed by atoms with Crippen LogP contribution in [0, 0.1) is 0 Å². The molecule has 1 atom stereocenters. The lowest BCUT2D eigenvalue weighted by Gasteiger charge is -2.22. The zero-order valence-electron chi connectivity index (χ0n) is 22.7. The molecule has 204 valence electrons. The Labute approximate surface area is 229 Å². The number of nitrogens with one attached hydrogen (secondary N) is 1. The average Bonchev–Trinajstić information content (AvgIpc) is 3.36. The number of ether oxygens (including phenoxy) is 2. The number of aliphatic carboxylic acids is 1. The number of carboxylic acid groups (broad SMARTS) is 1. The molecular weight excluding hydrogens is 500 g/mol. The highest BCUT2D eigenvalue weighted by Crippen LogP contribution is 2.30. The summed E-state index contributed by atoms with van der Waals surface area (Å²) >= 11 is 1.57. The number of carboxylic acids is 1. The first-order valence-corrected chi connectivity index (χ1v) is 14.0. The first-order chi connectivity index (χ1) is 18.1. The molecule has 3 rings (SSSR count). The molecule has 0 spiro atoms. The SMILES string of the molecule is CCCCCCCOc1ccc(-c2nc(-c3ccc(CC(NC(=O)OC(C)(C)C)C(=O)O)cc3)cs2)cc1. The predicted octanol–water partition coefficient (Wildman–Crippen LogP) is 7.35. The summed E-state index contributed by atoms with van der Waals surface area (Å²) in [5.74, 6) is -0.245. The molecule has 0 bridgehead atoms. The molecule has 0 saturated heterocycles. The second kappa shape index (κ2) is 14.0. The van der Waals surface area contributed by atoms with Crippen LogP contribution in [0.15, 0.2) is 53.9 Å². The number of unbranched alkanes of at least 4 members (excludes halogenated alkanes) is 4. The predicted molar refractivity (Wildman–Crippen MR) is 152 cm³/mol. The van der Waals surface area contributed by atoms with E-state index in [1.165, 1.54) is 25.7 Å².